The number of halogens is 1. The topological polar surface area (TPSA) is 66.4 Å². The quantitative estimate of drug-likeness (QED) is 0.895. The van der Waals surface area contributed by atoms with E-state index in [1.165, 1.54) is 0 Å². The van der Waals surface area contributed by atoms with E-state index < -0.39 is 12.0 Å². The number of rotatable bonds is 4. The van der Waals surface area contributed by atoms with E-state index in [-0.39, 0.29) is 11.8 Å². The summed E-state index contributed by atoms with van der Waals surface area (Å²) in [5.74, 6) is -0.728. The van der Waals surface area contributed by atoms with Crippen LogP contribution in [-0.2, 0) is 9.59 Å². The molecule has 0 aromatic heterocycles. The molecule has 114 valence electrons. The molecule has 0 radical (unpaired) electrons. The second-order valence-electron chi connectivity index (χ2n) is 5.76. The van der Waals surface area contributed by atoms with Gasteiger partial charge in [0.1, 0.15) is 0 Å². The molecule has 1 amide bonds. The van der Waals surface area contributed by atoms with Crippen molar-refractivity contribution in [3.63, 3.8) is 0 Å². The van der Waals surface area contributed by atoms with E-state index in [1.807, 2.05) is 0 Å². The molecule has 4 nitrogen and oxygen atoms in total. The number of amides is 1. The second kappa shape index (κ2) is 6.94. The van der Waals surface area contributed by atoms with Gasteiger partial charge in [-0.05, 0) is 37.7 Å². The zero-order valence-electron chi connectivity index (χ0n) is 12.0. The van der Waals surface area contributed by atoms with E-state index in [0.717, 1.165) is 25.7 Å². The van der Waals surface area contributed by atoms with Crippen molar-refractivity contribution in [3.8, 4) is 0 Å². The summed E-state index contributed by atoms with van der Waals surface area (Å²) in [4.78, 5) is 23.7. The van der Waals surface area contributed by atoms with Crippen LogP contribution in [0.1, 0.15) is 44.2 Å². The predicted octanol–water partition coefficient (Wildman–Crippen LogP) is 3.41. The Labute approximate surface area is 129 Å². The monoisotopic (exact) mass is 309 g/mol. The van der Waals surface area contributed by atoms with E-state index >= 15 is 0 Å². The van der Waals surface area contributed by atoms with Crippen LogP contribution in [0.4, 0.5) is 0 Å². The number of carboxylic acid groups (broad SMARTS) is 1. The molecule has 21 heavy (non-hydrogen) atoms. The zero-order chi connectivity index (χ0) is 15.4. The Morgan fingerprint density at radius 1 is 1.24 bits per heavy atom. The standard InChI is InChI=1S/C16H20ClNO3/c1-10-6-8-11(9-7-10)15(19)18-14(16(20)21)12-4-2-3-5-13(12)17/h2-5,10-11,14H,6-9H2,1H3,(H,18,19)(H,20,21)/t10?,11?,14-/m1/s1. The summed E-state index contributed by atoms with van der Waals surface area (Å²) in [6.07, 6.45) is 3.67. The van der Waals surface area contributed by atoms with Crippen LogP contribution in [0.5, 0.6) is 0 Å². The summed E-state index contributed by atoms with van der Waals surface area (Å²) in [5.41, 5.74) is 0.421. The van der Waals surface area contributed by atoms with E-state index in [0.29, 0.717) is 16.5 Å². The molecule has 1 aromatic rings. The first-order valence-electron chi connectivity index (χ1n) is 7.26. The van der Waals surface area contributed by atoms with E-state index in [1.54, 1.807) is 24.3 Å². The van der Waals surface area contributed by atoms with Gasteiger partial charge in [-0.3, -0.25) is 4.79 Å². The highest BCUT2D eigenvalue weighted by Gasteiger charge is 2.29. The Kier molecular flexibility index (Phi) is 5.23. The average Bonchev–Trinajstić information content (AvgIpc) is 2.46. The number of hydrogen-bond donors (Lipinski definition) is 2. The van der Waals surface area contributed by atoms with Crippen molar-refractivity contribution in [2.75, 3.05) is 0 Å². The van der Waals surface area contributed by atoms with Gasteiger partial charge < -0.3 is 10.4 Å². The summed E-state index contributed by atoms with van der Waals surface area (Å²) in [6, 6.07) is 5.61. The molecule has 5 heteroatoms. The highest BCUT2D eigenvalue weighted by molar-refractivity contribution is 6.31. The molecule has 1 aliphatic rings. The van der Waals surface area contributed by atoms with Crippen LogP contribution in [0.15, 0.2) is 24.3 Å². The summed E-state index contributed by atoms with van der Waals surface area (Å²) in [6.45, 7) is 2.18. The third-order valence-electron chi connectivity index (χ3n) is 4.14. The lowest BCUT2D eigenvalue weighted by molar-refractivity contribution is -0.143. The smallest absolute Gasteiger partial charge is 0.330 e. The van der Waals surface area contributed by atoms with Gasteiger partial charge in [0.2, 0.25) is 5.91 Å². The summed E-state index contributed by atoms with van der Waals surface area (Å²) in [7, 11) is 0. The lowest BCUT2D eigenvalue weighted by Crippen LogP contribution is -2.39. The van der Waals surface area contributed by atoms with Gasteiger partial charge in [-0.15, -0.1) is 0 Å². The lowest BCUT2D eigenvalue weighted by Gasteiger charge is -2.26. The Morgan fingerprint density at radius 3 is 2.43 bits per heavy atom. The number of nitrogens with one attached hydrogen (secondary N) is 1. The lowest BCUT2D eigenvalue weighted by atomic mass is 9.82. The van der Waals surface area contributed by atoms with Crippen molar-refractivity contribution < 1.29 is 14.7 Å². The fourth-order valence-electron chi connectivity index (χ4n) is 2.76. The minimum Gasteiger partial charge on any atom is -0.479 e. The van der Waals surface area contributed by atoms with E-state index in [2.05, 4.69) is 12.2 Å². The van der Waals surface area contributed by atoms with Crippen LogP contribution in [0.2, 0.25) is 5.02 Å². The van der Waals surface area contributed by atoms with Crippen LogP contribution < -0.4 is 5.32 Å². The molecule has 0 bridgehead atoms. The number of carboxylic acids is 1. The zero-order valence-corrected chi connectivity index (χ0v) is 12.8. The molecule has 0 spiro atoms. The molecule has 0 aliphatic heterocycles. The maximum absolute atomic E-state index is 12.3. The molecular weight excluding hydrogens is 290 g/mol. The third-order valence-corrected chi connectivity index (χ3v) is 4.48. The van der Waals surface area contributed by atoms with Crippen LogP contribution in [-0.4, -0.2) is 17.0 Å². The molecular formula is C16H20ClNO3. The number of benzene rings is 1. The minimum atomic E-state index is -1.10. The SMILES string of the molecule is CC1CCC(C(=O)N[C@@H](C(=O)O)c2ccccc2Cl)CC1. The molecule has 1 aromatic carbocycles. The molecule has 2 N–H and O–H groups in total. The van der Waals surface area contributed by atoms with E-state index in [4.69, 9.17) is 11.6 Å². The van der Waals surface area contributed by atoms with Crippen LogP contribution in [0.25, 0.3) is 0 Å². The van der Waals surface area contributed by atoms with Crippen molar-refractivity contribution in [3.05, 3.63) is 34.9 Å². The molecule has 0 unspecified atom stereocenters. The van der Waals surface area contributed by atoms with Gasteiger partial charge in [0.05, 0.1) is 0 Å². The number of carbonyl (C=O) groups is 2. The summed E-state index contributed by atoms with van der Waals surface area (Å²) >= 11 is 6.04. The van der Waals surface area contributed by atoms with Crippen LogP contribution in [0, 0.1) is 11.8 Å². The third kappa shape index (κ3) is 3.97. The van der Waals surface area contributed by atoms with Crippen molar-refractivity contribution in [2.45, 2.75) is 38.6 Å². The maximum Gasteiger partial charge on any atom is 0.330 e. The van der Waals surface area contributed by atoms with Crippen molar-refractivity contribution in [1.29, 1.82) is 0 Å². The van der Waals surface area contributed by atoms with E-state index in [9.17, 15) is 14.7 Å². The Bertz CT molecular complexity index is 524. The first-order valence-corrected chi connectivity index (χ1v) is 7.64. The highest BCUT2D eigenvalue weighted by atomic mass is 35.5. The van der Waals surface area contributed by atoms with Crippen molar-refractivity contribution in [1.82, 2.24) is 5.32 Å². The second-order valence-corrected chi connectivity index (χ2v) is 6.17. The van der Waals surface area contributed by atoms with Crippen LogP contribution in [0.3, 0.4) is 0 Å². The average molecular weight is 310 g/mol. The number of carbonyl (C=O) groups excluding carboxylic acids is 1. The minimum absolute atomic E-state index is 0.0921. The largest absolute Gasteiger partial charge is 0.479 e. The first kappa shape index (κ1) is 15.8. The normalized spacial score (nSPS) is 23.3. The molecule has 0 heterocycles. The molecule has 1 saturated carbocycles. The fourth-order valence-corrected chi connectivity index (χ4v) is 3.01. The molecule has 2 rings (SSSR count). The summed E-state index contributed by atoms with van der Waals surface area (Å²) < 4.78 is 0. The summed E-state index contributed by atoms with van der Waals surface area (Å²) in [5, 5.41) is 12.4. The van der Waals surface area contributed by atoms with Crippen LogP contribution >= 0.6 is 11.6 Å². The Balaban J connectivity index is 2.08. The number of aliphatic carboxylic acids is 1. The van der Waals surface area contributed by atoms with Gasteiger partial charge in [-0.1, -0.05) is 36.7 Å². The Hall–Kier alpha value is -1.55. The maximum atomic E-state index is 12.3. The molecule has 0 saturated heterocycles. The van der Waals surface area contributed by atoms with Gasteiger partial charge in [-0.2, -0.15) is 0 Å². The number of hydrogen-bond acceptors (Lipinski definition) is 2. The van der Waals surface area contributed by atoms with Crippen molar-refractivity contribution in [2.24, 2.45) is 11.8 Å². The highest BCUT2D eigenvalue weighted by Crippen LogP contribution is 2.29. The van der Waals surface area contributed by atoms with Crippen molar-refractivity contribution >= 4 is 23.5 Å². The molecule has 1 aliphatic carbocycles. The first-order chi connectivity index (χ1) is 9.99. The van der Waals surface area contributed by atoms with Gasteiger partial charge in [0.15, 0.2) is 6.04 Å². The predicted molar refractivity (Wildman–Crippen MR) is 81.1 cm³/mol. The van der Waals surface area contributed by atoms with Gasteiger partial charge in [0.25, 0.3) is 0 Å². The molecule has 1 atom stereocenters. The van der Waals surface area contributed by atoms with Gasteiger partial charge in [-0.25, -0.2) is 4.79 Å². The van der Waals surface area contributed by atoms with Gasteiger partial charge in [0, 0.05) is 16.5 Å². The van der Waals surface area contributed by atoms with Gasteiger partial charge >= 0.3 is 5.97 Å². The molecule has 1 fully saturated rings. The fraction of sp³-hybridized carbons (Fsp3) is 0.500. The Morgan fingerprint density at radius 2 is 1.86 bits per heavy atom.